The smallest absolute Gasteiger partial charge is 0.358 e. The van der Waals surface area contributed by atoms with Gasteiger partial charge in [0.15, 0.2) is 16.6 Å². The van der Waals surface area contributed by atoms with E-state index in [1.807, 2.05) is 18.2 Å². The van der Waals surface area contributed by atoms with Crippen LogP contribution < -0.4 is 10.1 Å². The number of nitrogens with zero attached hydrogens (tertiary/aromatic N) is 1. The molecule has 1 heterocycles. The molecule has 2 rings (SSSR count). The van der Waals surface area contributed by atoms with Crippen LogP contribution in [0.15, 0.2) is 24.3 Å². The number of para-hydroxylation sites is 2. The normalized spacial score (nSPS) is 10.0. The highest BCUT2D eigenvalue weighted by Gasteiger charge is 2.22. The molecular formula is C14H14N2O4S. The van der Waals surface area contributed by atoms with Crippen LogP contribution in [-0.2, 0) is 4.74 Å². The topological polar surface area (TPSA) is 77.5 Å². The average molecular weight is 306 g/mol. The third-order valence-corrected chi connectivity index (χ3v) is 3.75. The van der Waals surface area contributed by atoms with Crippen LogP contribution in [0.4, 0.5) is 10.8 Å². The molecule has 1 aromatic carbocycles. The summed E-state index contributed by atoms with van der Waals surface area (Å²) in [6.07, 6.45) is 0. The molecule has 1 N–H and O–H groups in total. The molecule has 0 aliphatic heterocycles. The number of Topliss-reactive ketones (excluding diaryl/α,β-unsaturated/α-hetero) is 1. The number of methoxy groups -OCH3 is 2. The SMILES string of the molecule is COC(=O)c1nc(Nc2ccccc2OC)sc1C(C)=O. The summed E-state index contributed by atoms with van der Waals surface area (Å²) in [4.78, 5) is 27.6. The molecule has 0 fully saturated rings. The third kappa shape index (κ3) is 3.19. The second-order valence-corrected chi connectivity index (χ2v) is 5.07. The molecule has 0 atom stereocenters. The number of carbonyl (C=O) groups is 2. The molecule has 0 bridgehead atoms. The van der Waals surface area contributed by atoms with Gasteiger partial charge in [-0.25, -0.2) is 9.78 Å². The first-order valence-electron chi connectivity index (χ1n) is 6.07. The van der Waals surface area contributed by atoms with Gasteiger partial charge in [-0.2, -0.15) is 0 Å². The van der Waals surface area contributed by atoms with Gasteiger partial charge in [0.2, 0.25) is 0 Å². The molecule has 0 amide bonds. The Kier molecular flexibility index (Phi) is 4.54. The Morgan fingerprint density at radius 1 is 1.24 bits per heavy atom. The van der Waals surface area contributed by atoms with Crippen molar-refractivity contribution >= 4 is 33.9 Å². The van der Waals surface area contributed by atoms with Crippen LogP contribution in [0.1, 0.15) is 27.1 Å². The van der Waals surface area contributed by atoms with Crippen molar-refractivity contribution in [2.45, 2.75) is 6.92 Å². The van der Waals surface area contributed by atoms with Gasteiger partial charge in [-0.15, -0.1) is 0 Å². The number of hydrogen-bond donors (Lipinski definition) is 1. The fourth-order valence-electron chi connectivity index (χ4n) is 1.71. The van der Waals surface area contributed by atoms with Gasteiger partial charge in [-0.05, 0) is 12.1 Å². The molecule has 21 heavy (non-hydrogen) atoms. The Hall–Kier alpha value is -2.41. The first-order chi connectivity index (χ1) is 10.1. The van der Waals surface area contributed by atoms with Crippen LogP contribution in [0.25, 0.3) is 0 Å². The van der Waals surface area contributed by atoms with Gasteiger partial charge in [0, 0.05) is 6.92 Å². The van der Waals surface area contributed by atoms with Crippen molar-refractivity contribution in [2.75, 3.05) is 19.5 Å². The van der Waals surface area contributed by atoms with Gasteiger partial charge >= 0.3 is 5.97 Å². The molecular weight excluding hydrogens is 292 g/mol. The van der Waals surface area contributed by atoms with E-state index in [1.54, 1.807) is 13.2 Å². The summed E-state index contributed by atoms with van der Waals surface area (Å²) in [6, 6.07) is 7.28. The van der Waals surface area contributed by atoms with E-state index in [0.29, 0.717) is 16.6 Å². The summed E-state index contributed by atoms with van der Waals surface area (Å²) < 4.78 is 9.86. The first-order valence-corrected chi connectivity index (χ1v) is 6.88. The van der Waals surface area contributed by atoms with E-state index in [4.69, 9.17) is 4.74 Å². The molecule has 0 spiro atoms. The van der Waals surface area contributed by atoms with Gasteiger partial charge in [0.25, 0.3) is 0 Å². The number of benzene rings is 1. The van der Waals surface area contributed by atoms with E-state index in [-0.39, 0.29) is 16.4 Å². The van der Waals surface area contributed by atoms with Crippen molar-refractivity contribution in [1.29, 1.82) is 0 Å². The van der Waals surface area contributed by atoms with Gasteiger partial charge < -0.3 is 14.8 Å². The lowest BCUT2D eigenvalue weighted by Gasteiger charge is -2.07. The van der Waals surface area contributed by atoms with E-state index < -0.39 is 5.97 Å². The zero-order valence-corrected chi connectivity index (χ0v) is 12.6. The van der Waals surface area contributed by atoms with Crippen molar-refractivity contribution in [3.8, 4) is 5.75 Å². The van der Waals surface area contributed by atoms with Gasteiger partial charge in [-0.3, -0.25) is 4.79 Å². The Morgan fingerprint density at radius 3 is 2.57 bits per heavy atom. The second-order valence-electron chi connectivity index (χ2n) is 4.07. The molecule has 0 saturated heterocycles. The predicted octanol–water partition coefficient (Wildman–Crippen LogP) is 2.88. The largest absolute Gasteiger partial charge is 0.495 e. The number of nitrogens with one attached hydrogen (secondary N) is 1. The molecule has 0 saturated carbocycles. The van der Waals surface area contributed by atoms with Gasteiger partial charge in [-0.1, -0.05) is 23.5 Å². The minimum Gasteiger partial charge on any atom is -0.495 e. The highest BCUT2D eigenvalue weighted by atomic mass is 32.1. The molecule has 0 radical (unpaired) electrons. The molecule has 7 heteroatoms. The fraction of sp³-hybridized carbons (Fsp3) is 0.214. The first kappa shape index (κ1) is 15.0. The summed E-state index contributed by atoms with van der Waals surface area (Å²) >= 11 is 1.10. The number of carbonyl (C=O) groups excluding carboxylic acids is 2. The summed E-state index contributed by atoms with van der Waals surface area (Å²) in [5, 5.41) is 3.46. The number of ether oxygens (including phenoxy) is 2. The van der Waals surface area contributed by atoms with Crippen LogP contribution >= 0.6 is 11.3 Å². The average Bonchev–Trinajstić information content (AvgIpc) is 2.91. The van der Waals surface area contributed by atoms with E-state index in [9.17, 15) is 9.59 Å². The fourth-order valence-corrected chi connectivity index (χ4v) is 2.57. The number of aromatic nitrogens is 1. The van der Waals surface area contributed by atoms with E-state index in [2.05, 4.69) is 15.0 Å². The number of ketones is 1. The summed E-state index contributed by atoms with van der Waals surface area (Å²) in [6.45, 7) is 1.38. The molecule has 1 aromatic heterocycles. The third-order valence-electron chi connectivity index (χ3n) is 2.67. The maximum absolute atomic E-state index is 11.6. The number of esters is 1. The summed E-state index contributed by atoms with van der Waals surface area (Å²) in [5.41, 5.74) is 0.715. The van der Waals surface area contributed by atoms with Crippen molar-refractivity contribution in [2.24, 2.45) is 0 Å². The van der Waals surface area contributed by atoms with E-state index in [1.165, 1.54) is 14.0 Å². The van der Waals surface area contributed by atoms with Crippen LogP contribution in [0.5, 0.6) is 5.75 Å². The molecule has 110 valence electrons. The zero-order chi connectivity index (χ0) is 15.4. The molecule has 2 aromatic rings. The minimum absolute atomic E-state index is 0.0207. The Balaban J connectivity index is 2.37. The van der Waals surface area contributed by atoms with Gasteiger partial charge in [0.1, 0.15) is 10.6 Å². The monoisotopic (exact) mass is 306 g/mol. The van der Waals surface area contributed by atoms with Crippen molar-refractivity contribution in [3.05, 3.63) is 34.8 Å². The van der Waals surface area contributed by atoms with Crippen LogP contribution in [0.3, 0.4) is 0 Å². The standard InChI is InChI=1S/C14H14N2O4S/c1-8(17)12-11(13(18)20-3)16-14(21-12)15-9-6-4-5-7-10(9)19-2/h4-7H,1-3H3,(H,15,16). The van der Waals surface area contributed by atoms with Crippen molar-refractivity contribution < 1.29 is 19.1 Å². The minimum atomic E-state index is -0.635. The van der Waals surface area contributed by atoms with Gasteiger partial charge in [0.05, 0.1) is 19.9 Å². The Morgan fingerprint density at radius 2 is 1.95 bits per heavy atom. The number of hydrogen-bond acceptors (Lipinski definition) is 7. The Labute approximate surface area is 125 Å². The summed E-state index contributed by atoms with van der Waals surface area (Å²) in [5.74, 6) is -0.234. The van der Waals surface area contributed by atoms with E-state index in [0.717, 1.165) is 11.3 Å². The van der Waals surface area contributed by atoms with Crippen molar-refractivity contribution in [3.63, 3.8) is 0 Å². The van der Waals surface area contributed by atoms with E-state index >= 15 is 0 Å². The Bertz CT molecular complexity index is 681. The van der Waals surface area contributed by atoms with Crippen LogP contribution in [0.2, 0.25) is 0 Å². The van der Waals surface area contributed by atoms with Crippen LogP contribution in [0, 0.1) is 0 Å². The number of anilines is 2. The summed E-state index contributed by atoms with van der Waals surface area (Å²) in [7, 11) is 2.81. The molecule has 0 aliphatic carbocycles. The quantitative estimate of drug-likeness (QED) is 0.676. The lowest BCUT2D eigenvalue weighted by Crippen LogP contribution is -2.07. The number of thiazole rings is 1. The lowest BCUT2D eigenvalue weighted by atomic mass is 10.3. The highest BCUT2D eigenvalue weighted by Crippen LogP contribution is 2.31. The second kappa shape index (κ2) is 6.36. The highest BCUT2D eigenvalue weighted by molar-refractivity contribution is 7.17. The molecule has 0 aliphatic rings. The molecule has 0 unspecified atom stereocenters. The number of rotatable bonds is 5. The predicted molar refractivity (Wildman–Crippen MR) is 79.7 cm³/mol. The van der Waals surface area contributed by atoms with Crippen molar-refractivity contribution in [1.82, 2.24) is 4.98 Å². The molecule has 6 nitrogen and oxygen atoms in total. The maximum Gasteiger partial charge on any atom is 0.358 e. The maximum atomic E-state index is 11.6. The van der Waals surface area contributed by atoms with Crippen LogP contribution in [-0.4, -0.2) is 31.0 Å². The zero-order valence-electron chi connectivity index (χ0n) is 11.8. The lowest BCUT2D eigenvalue weighted by molar-refractivity contribution is 0.0591.